The van der Waals surface area contributed by atoms with Gasteiger partial charge in [0.15, 0.2) is 13.0 Å². The maximum absolute atomic E-state index is 8.83. The molecule has 16 heavy (non-hydrogen) atoms. The van der Waals surface area contributed by atoms with E-state index < -0.39 is 12.6 Å². The Morgan fingerprint density at radius 1 is 1.38 bits per heavy atom. The van der Waals surface area contributed by atoms with Gasteiger partial charge in [0, 0.05) is 6.54 Å². The van der Waals surface area contributed by atoms with Crippen molar-refractivity contribution in [1.82, 2.24) is 4.90 Å². The zero-order valence-electron chi connectivity index (χ0n) is 10.6. The molecule has 7 heteroatoms. The minimum absolute atomic E-state index is 0. The fraction of sp³-hybridized carbons (Fsp3) is 1.00. The van der Waals surface area contributed by atoms with Crippen LogP contribution in [-0.4, -0.2) is 85.3 Å². The van der Waals surface area contributed by atoms with Crippen LogP contribution in [0.5, 0.6) is 0 Å². The summed E-state index contributed by atoms with van der Waals surface area (Å²) < 4.78 is 5.66. The number of hydrogen-bond donors (Lipinski definition) is 3. The number of likely N-dealkylation sites (N-methyl/N-ethyl adjacent to an activating group) is 2. The van der Waals surface area contributed by atoms with Gasteiger partial charge in [-0.15, -0.1) is 0 Å². The van der Waals surface area contributed by atoms with Crippen molar-refractivity contribution in [2.45, 2.75) is 12.6 Å². The number of aliphatic hydroxyl groups excluding tert-OH is 2. The van der Waals surface area contributed by atoms with Gasteiger partial charge in [0.25, 0.3) is 0 Å². The molecule has 1 rings (SSSR count). The van der Waals surface area contributed by atoms with Gasteiger partial charge in [0.2, 0.25) is 6.29 Å². The Kier molecular flexibility index (Phi) is 10.4. The molecule has 0 amide bonds. The summed E-state index contributed by atoms with van der Waals surface area (Å²) in [5.41, 5.74) is 0. The molecule has 0 spiro atoms. The Hall–Kier alpha value is 0.682. The van der Waals surface area contributed by atoms with E-state index in [9.17, 15) is 0 Å². The van der Waals surface area contributed by atoms with Crippen LogP contribution >= 0.6 is 0 Å². The van der Waals surface area contributed by atoms with Crippen LogP contribution in [0.15, 0.2) is 0 Å². The second-order valence-electron chi connectivity index (χ2n) is 4.61. The first-order valence-corrected chi connectivity index (χ1v) is 4.85. The van der Waals surface area contributed by atoms with Crippen molar-refractivity contribution >= 4 is 0 Å². The molecular weight excluding hydrogens is 313 g/mol. The summed E-state index contributed by atoms with van der Waals surface area (Å²) in [7, 11) is 7.60. The second-order valence-corrected chi connectivity index (χ2v) is 4.61. The van der Waals surface area contributed by atoms with Crippen LogP contribution < -0.4 is 0 Å². The first-order valence-electron chi connectivity index (χ1n) is 4.85. The third-order valence-corrected chi connectivity index (χ3v) is 1.80. The van der Waals surface area contributed by atoms with Gasteiger partial charge in [-0.05, 0) is 14.1 Å². The van der Waals surface area contributed by atoms with Crippen molar-refractivity contribution in [3.8, 4) is 0 Å². The Morgan fingerprint density at radius 3 is 1.94 bits per heavy atom. The Bertz CT molecular complexity index is 173. The van der Waals surface area contributed by atoms with E-state index in [-0.39, 0.29) is 27.3 Å². The Labute approximate surface area is 117 Å². The predicted molar refractivity (Wildman–Crippen MR) is 55.7 cm³/mol. The molecule has 0 aromatic carbocycles. The third kappa shape index (κ3) is 11.2. The number of rotatable bonds is 2. The van der Waals surface area contributed by atoms with Crippen LogP contribution in [0, 0.1) is 0 Å². The molecule has 0 radical (unpaired) electrons. The molecule has 0 bridgehead atoms. The number of quaternary nitrogens is 1. The molecule has 6 nitrogen and oxygen atoms in total. The van der Waals surface area contributed by atoms with Gasteiger partial charge >= 0.3 is 27.3 Å². The van der Waals surface area contributed by atoms with E-state index in [1.54, 1.807) is 19.0 Å². The summed E-state index contributed by atoms with van der Waals surface area (Å²) in [6.45, 7) is 1.64. The average Bonchev–Trinajstić information content (AvgIpc) is 2.26. The van der Waals surface area contributed by atoms with Crippen molar-refractivity contribution in [3.05, 3.63) is 0 Å². The summed E-state index contributed by atoms with van der Waals surface area (Å²) in [5, 5.41) is 25.3. The zero-order chi connectivity index (χ0) is 12.1. The number of aliphatic hydroxyl groups is 3. The predicted octanol–water partition coefficient (Wildman–Crippen LogP) is -1.77. The van der Waals surface area contributed by atoms with Crippen molar-refractivity contribution in [2.75, 3.05) is 48.0 Å². The SMILES string of the molecule is CN(C)CC(O)O.C[N+]1(C)COC(O)C1.[Cd+2]. The van der Waals surface area contributed by atoms with Gasteiger partial charge in [0.05, 0.1) is 14.1 Å². The molecule has 0 aliphatic carbocycles. The molecule has 1 aliphatic heterocycles. The quantitative estimate of drug-likeness (QED) is 0.316. The van der Waals surface area contributed by atoms with Crippen molar-refractivity contribution < 1.29 is 51.8 Å². The maximum Gasteiger partial charge on any atom is 2.00 e. The summed E-state index contributed by atoms with van der Waals surface area (Å²) >= 11 is 0. The minimum Gasteiger partial charge on any atom is -0.367 e. The summed E-state index contributed by atoms with van der Waals surface area (Å²) in [6, 6.07) is 0. The van der Waals surface area contributed by atoms with E-state index in [0.717, 1.165) is 4.48 Å². The molecule has 1 aliphatic rings. The van der Waals surface area contributed by atoms with E-state index in [1.807, 2.05) is 14.1 Å². The van der Waals surface area contributed by atoms with Gasteiger partial charge in [-0.3, -0.25) is 4.74 Å². The van der Waals surface area contributed by atoms with Crippen LogP contribution in [0.1, 0.15) is 0 Å². The molecule has 3 N–H and O–H groups in total. The summed E-state index contributed by atoms with van der Waals surface area (Å²) in [4.78, 5) is 1.70. The Morgan fingerprint density at radius 2 is 1.88 bits per heavy atom. The molecular formula is C9H23CdN2O4+3. The van der Waals surface area contributed by atoms with Crippen LogP contribution in [0.4, 0.5) is 0 Å². The fourth-order valence-corrected chi connectivity index (χ4v) is 1.14. The van der Waals surface area contributed by atoms with E-state index in [0.29, 0.717) is 19.8 Å². The van der Waals surface area contributed by atoms with Crippen molar-refractivity contribution in [2.24, 2.45) is 0 Å². The topological polar surface area (TPSA) is 73.2 Å². The van der Waals surface area contributed by atoms with E-state index in [1.165, 1.54) is 0 Å². The minimum atomic E-state index is -1.20. The first-order chi connectivity index (χ1) is 6.73. The third-order valence-electron chi connectivity index (χ3n) is 1.80. The Balaban J connectivity index is 0. The standard InChI is InChI=1S/C5H12NO2.C4H11NO2.Cd/c1-6(2)3-5(7)8-4-6;1-5(2)3-4(6)7;/h5,7H,3-4H2,1-2H3;4,6-7H,3H2,1-2H3;/q+1;;+2. The molecule has 1 saturated heterocycles. The largest absolute Gasteiger partial charge is 2.00 e. The van der Waals surface area contributed by atoms with Crippen LogP contribution in [0.25, 0.3) is 0 Å². The van der Waals surface area contributed by atoms with Gasteiger partial charge in [0.1, 0.15) is 6.54 Å². The molecule has 92 valence electrons. The zero-order valence-corrected chi connectivity index (χ0v) is 14.7. The normalized spacial score (nSPS) is 22.7. The molecule has 0 aromatic rings. The van der Waals surface area contributed by atoms with E-state index >= 15 is 0 Å². The van der Waals surface area contributed by atoms with Gasteiger partial charge in [-0.25, -0.2) is 0 Å². The second kappa shape index (κ2) is 8.73. The molecule has 0 aromatic heterocycles. The van der Waals surface area contributed by atoms with Crippen LogP contribution in [-0.2, 0) is 32.0 Å². The van der Waals surface area contributed by atoms with Gasteiger partial charge in [-0.1, -0.05) is 0 Å². The maximum atomic E-state index is 8.83. The molecule has 1 fully saturated rings. The molecule has 1 unspecified atom stereocenters. The number of hydrogen-bond acceptors (Lipinski definition) is 5. The summed E-state index contributed by atoms with van der Waals surface area (Å²) in [5.74, 6) is 0. The molecule has 0 saturated carbocycles. The van der Waals surface area contributed by atoms with Crippen LogP contribution in [0.3, 0.4) is 0 Å². The molecule has 1 atom stereocenters. The molecule has 1 heterocycles. The van der Waals surface area contributed by atoms with E-state index in [4.69, 9.17) is 20.1 Å². The van der Waals surface area contributed by atoms with Gasteiger partial charge in [-0.2, -0.15) is 0 Å². The summed E-state index contributed by atoms with van der Waals surface area (Å²) in [6.07, 6.45) is -1.74. The number of nitrogens with zero attached hydrogens (tertiary/aromatic N) is 2. The number of ether oxygens (including phenoxy) is 1. The average molecular weight is 336 g/mol. The smallest absolute Gasteiger partial charge is 0.367 e. The van der Waals surface area contributed by atoms with E-state index in [2.05, 4.69) is 0 Å². The monoisotopic (exact) mass is 337 g/mol. The van der Waals surface area contributed by atoms with Crippen molar-refractivity contribution in [1.29, 1.82) is 0 Å². The van der Waals surface area contributed by atoms with Crippen molar-refractivity contribution in [3.63, 3.8) is 0 Å². The first kappa shape index (κ1) is 19.0. The fourth-order valence-electron chi connectivity index (χ4n) is 1.14. The van der Waals surface area contributed by atoms with Crippen LogP contribution in [0.2, 0.25) is 0 Å². The van der Waals surface area contributed by atoms with Gasteiger partial charge < -0.3 is 24.7 Å².